The first-order chi connectivity index (χ1) is 33.7. The lowest BCUT2D eigenvalue weighted by atomic mass is 9.70. The lowest BCUT2D eigenvalue weighted by molar-refractivity contribution is 0.797. The van der Waals surface area contributed by atoms with Gasteiger partial charge in [-0.1, -0.05) is 212 Å². The van der Waals surface area contributed by atoms with Gasteiger partial charge in [-0.25, -0.2) is 0 Å². The SMILES string of the molecule is c1cc(-c2ccc3c(c2)-c2ccccc2C32c3cccc4c5ccccc5c5cccc2c5c34)cc(-c2ccc3c(c2)-c2ccccc2C32c3cccc4c5ccccc5c5cccc2c5c34)c1. The van der Waals surface area contributed by atoms with Crippen LogP contribution in [0.25, 0.3) is 109 Å². The summed E-state index contributed by atoms with van der Waals surface area (Å²) in [5.41, 5.74) is 20.5. The predicted molar refractivity (Wildman–Crippen MR) is 284 cm³/mol. The Balaban J connectivity index is 0.833. The molecule has 0 unspecified atom stereocenters. The van der Waals surface area contributed by atoms with E-state index in [4.69, 9.17) is 0 Å². The van der Waals surface area contributed by atoms with Gasteiger partial charge < -0.3 is 0 Å². The van der Waals surface area contributed by atoms with Crippen LogP contribution in [0.15, 0.2) is 231 Å². The molecule has 0 aliphatic heterocycles. The zero-order valence-electron chi connectivity index (χ0n) is 36.9. The third kappa shape index (κ3) is 3.94. The Morgan fingerprint density at radius 1 is 0.176 bits per heavy atom. The minimum Gasteiger partial charge on any atom is -0.0619 e. The molecule has 0 heterocycles. The van der Waals surface area contributed by atoms with E-state index in [0.29, 0.717) is 0 Å². The molecule has 310 valence electrons. The van der Waals surface area contributed by atoms with Gasteiger partial charge in [0.2, 0.25) is 0 Å². The van der Waals surface area contributed by atoms with Crippen molar-refractivity contribution in [2.75, 3.05) is 0 Å². The summed E-state index contributed by atoms with van der Waals surface area (Å²) in [5, 5.41) is 16.3. The molecule has 0 atom stereocenters. The molecule has 0 saturated carbocycles. The topological polar surface area (TPSA) is 0 Å². The van der Waals surface area contributed by atoms with Gasteiger partial charge in [0.25, 0.3) is 0 Å². The fraction of sp³-hybridized carbons (Fsp3) is 0.0294. The van der Waals surface area contributed by atoms with Crippen LogP contribution in [0, 0.1) is 0 Å². The smallest absolute Gasteiger partial charge is 0.0619 e. The van der Waals surface area contributed by atoms with Crippen molar-refractivity contribution >= 4 is 64.6 Å². The van der Waals surface area contributed by atoms with Gasteiger partial charge >= 0.3 is 0 Å². The molecule has 0 amide bonds. The largest absolute Gasteiger partial charge is 0.0725 e. The minimum atomic E-state index is -0.395. The summed E-state index contributed by atoms with van der Waals surface area (Å²) in [5.74, 6) is 0. The fourth-order valence-electron chi connectivity index (χ4n) is 14.6. The molecule has 4 aliphatic rings. The Hall–Kier alpha value is -8.58. The van der Waals surface area contributed by atoms with Crippen LogP contribution in [0.2, 0.25) is 0 Å². The summed E-state index contributed by atoms with van der Waals surface area (Å²) >= 11 is 0. The van der Waals surface area contributed by atoms with E-state index in [-0.39, 0.29) is 0 Å². The molecule has 0 fully saturated rings. The first-order valence-corrected chi connectivity index (χ1v) is 24.1. The predicted octanol–water partition coefficient (Wildman–Crippen LogP) is 17.3. The Morgan fingerprint density at radius 2 is 0.456 bits per heavy atom. The second kappa shape index (κ2) is 12.2. The monoisotopic (exact) mass is 854 g/mol. The Kier molecular flexibility index (Phi) is 6.42. The molecule has 0 aromatic heterocycles. The maximum Gasteiger partial charge on any atom is 0.0725 e. The van der Waals surface area contributed by atoms with Crippen LogP contribution in [0.1, 0.15) is 44.5 Å². The number of fused-ring (bicyclic) bond motifs is 20. The standard InChI is InChI=1S/C68H38/c1-2-17-44-43(16-1)49-22-10-28-59-63(49)64-50(44)23-11-29-60(64)67(59)55-26-7-5-20-47(55)53-37-41(32-34-57(53)67)39-14-9-15-40(36-39)42-33-35-58-54(38-42)48-21-6-8-27-56(48)68(58)61-30-12-24-51-45-18-3-4-19-46(45)52-25-13-31-62(68)66(52)65(51)61/h1-38H. The van der Waals surface area contributed by atoms with Crippen LogP contribution >= 0.6 is 0 Å². The summed E-state index contributed by atoms with van der Waals surface area (Å²) < 4.78 is 0. The van der Waals surface area contributed by atoms with Gasteiger partial charge in [-0.15, -0.1) is 0 Å². The molecule has 4 aliphatic carbocycles. The number of hydrogen-bond acceptors (Lipinski definition) is 0. The average Bonchev–Trinajstić information content (AvgIpc) is 4.10. The molecule has 0 radical (unpaired) electrons. The van der Waals surface area contributed by atoms with Crippen LogP contribution in [0.5, 0.6) is 0 Å². The molecule has 0 nitrogen and oxygen atoms in total. The van der Waals surface area contributed by atoms with Crippen molar-refractivity contribution in [3.63, 3.8) is 0 Å². The summed E-state index contributed by atoms with van der Waals surface area (Å²) in [6, 6.07) is 88.3. The molecule has 2 spiro atoms. The summed E-state index contributed by atoms with van der Waals surface area (Å²) in [7, 11) is 0. The van der Waals surface area contributed by atoms with E-state index in [1.165, 1.54) is 154 Å². The molecule has 17 rings (SSSR count). The highest BCUT2D eigenvalue weighted by atomic mass is 14.5. The summed E-state index contributed by atoms with van der Waals surface area (Å²) in [6.45, 7) is 0. The van der Waals surface area contributed by atoms with E-state index < -0.39 is 10.8 Å². The van der Waals surface area contributed by atoms with Crippen molar-refractivity contribution in [3.05, 3.63) is 275 Å². The van der Waals surface area contributed by atoms with Crippen molar-refractivity contribution < 1.29 is 0 Å². The Labute approximate surface area is 393 Å². The van der Waals surface area contributed by atoms with E-state index in [9.17, 15) is 0 Å². The van der Waals surface area contributed by atoms with Gasteiger partial charge in [-0.05, 0) is 172 Å². The van der Waals surface area contributed by atoms with E-state index >= 15 is 0 Å². The third-order valence-electron chi connectivity index (χ3n) is 17.0. The molecule has 0 heteroatoms. The van der Waals surface area contributed by atoms with Crippen molar-refractivity contribution in [2.24, 2.45) is 0 Å². The van der Waals surface area contributed by atoms with Crippen molar-refractivity contribution in [1.82, 2.24) is 0 Å². The fourth-order valence-corrected chi connectivity index (χ4v) is 14.6. The zero-order valence-corrected chi connectivity index (χ0v) is 36.9. The summed E-state index contributed by atoms with van der Waals surface area (Å²) in [6.07, 6.45) is 0. The number of rotatable bonds is 2. The first-order valence-electron chi connectivity index (χ1n) is 24.1. The maximum atomic E-state index is 2.48. The normalized spacial score (nSPS) is 14.7. The maximum absolute atomic E-state index is 2.48. The van der Waals surface area contributed by atoms with Gasteiger partial charge in [0.1, 0.15) is 0 Å². The molecular weight excluding hydrogens is 817 g/mol. The van der Waals surface area contributed by atoms with E-state index in [1.807, 2.05) is 0 Å². The highest BCUT2D eigenvalue weighted by Gasteiger charge is 2.52. The molecule has 68 heavy (non-hydrogen) atoms. The molecule has 13 aromatic carbocycles. The van der Waals surface area contributed by atoms with Gasteiger partial charge in [0, 0.05) is 0 Å². The Bertz CT molecular complexity index is 4050. The van der Waals surface area contributed by atoms with Gasteiger partial charge in [-0.3, -0.25) is 0 Å². The van der Waals surface area contributed by atoms with Crippen molar-refractivity contribution in [2.45, 2.75) is 10.8 Å². The van der Waals surface area contributed by atoms with Crippen LogP contribution in [0.4, 0.5) is 0 Å². The second-order valence-electron chi connectivity index (χ2n) is 19.7. The second-order valence-corrected chi connectivity index (χ2v) is 19.7. The van der Waals surface area contributed by atoms with Crippen LogP contribution < -0.4 is 0 Å². The van der Waals surface area contributed by atoms with E-state index in [2.05, 4.69) is 231 Å². The number of hydrogen-bond donors (Lipinski definition) is 0. The Morgan fingerprint density at radius 3 is 0.838 bits per heavy atom. The van der Waals surface area contributed by atoms with Gasteiger partial charge in [0.05, 0.1) is 10.8 Å². The van der Waals surface area contributed by atoms with E-state index in [0.717, 1.165) is 0 Å². The first kappa shape index (κ1) is 35.7. The van der Waals surface area contributed by atoms with Crippen molar-refractivity contribution in [1.29, 1.82) is 0 Å². The van der Waals surface area contributed by atoms with E-state index in [1.54, 1.807) is 0 Å². The highest BCUT2D eigenvalue weighted by molar-refractivity contribution is 6.31. The minimum absolute atomic E-state index is 0.395. The molecular formula is C68H38. The highest BCUT2D eigenvalue weighted by Crippen LogP contribution is 2.65. The average molecular weight is 855 g/mol. The molecule has 0 bridgehead atoms. The molecule has 0 saturated heterocycles. The van der Waals surface area contributed by atoms with Crippen LogP contribution in [0.3, 0.4) is 0 Å². The van der Waals surface area contributed by atoms with Crippen LogP contribution in [-0.2, 0) is 10.8 Å². The molecule has 13 aromatic rings. The van der Waals surface area contributed by atoms with Gasteiger partial charge in [-0.2, -0.15) is 0 Å². The van der Waals surface area contributed by atoms with Gasteiger partial charge in [0.15, 0.2) is 0 Å². The number of benzene rings is 13. The lowest BCUT2D eigenvalue weighted by Gasteiger charge is -2.31. The zero-order chi connectivity index (χ0) is 44.0. The third-order valence-corrected chi connectivity index (χ3v) is 17.0. The van der Waals surface area contributed by atoms with Crippen LogP contribution in [-0.4, -0.2) is 0 Å². The molecule has 0 N–H and O–H groups in total. The quantitative estimate of drug-likeness (QED) is 0.152. The summed E-state index contributed by atoms with van der Waals surface area (Å²) in [4.78, 5) is 0. The lowest BCUT2D eigenvalue weighted by Crippen LogP contribution is -2.26. The van der Waals surface area contributed by atoms with Crippen molar-refractivity contribution in [3.8, 4) is 44.5 Å².